The maximum absolute atomic E-state index is 11.8. The van der Waals surface area contributed by atoms with Gasteiger partial charge in [-0.3, -0.25) is 4.79 Å². The maximum Gasteiger partial charge on any atom is 0.234 e. The molecule has 3 nitrogen and oxygen atoms in total. The van der Waals surface area contributed by atoms with Crippen LogP contribution in [0.15, 0.2) is 30.3 Å². The van der Waals surface area contributed by atoms with Crippen LogP contribution in [0.2, 0.25) is 0 Å². The zero-order valence-corrected chi connectivity index (χ0v) is 9.20. The molecule has 0 bridgehead atoms. The Labute approximate surface area is 93.5 Å². The molecular weight excluding hydrogens is 210 g/mol. The van der Waals surface area contributed by atoms with Gasteiger partial charge in [0.05, 0.1) is 13.2 Å². The zero-order chi connectivity index (χ0) is 10.5. The van der Waals surface area contributed by atoms with E-state index in [0.717, 1.165) is 31.9 Å². The third-order valence-electron chi connectivity index (χ3n) is 2.19. The Morgan fingerprint density at radius 3 is 2.53 bits per heavy atom. The van der Waals surface area contributed by atoms with Crippen molar-refractivity contribution < 1.29 is 9.53 Å². The van der Waals surface area contributed by atoms with Gasteiger partial charge in [-0.05, 0) is 0 Å². The molecule has 1 aliphatic rings. The summed E-state index contributed by atoms with van der Waals surface area (Å²) >= 11 is 1.29. The molecule has 0 aromatic heterocycles. The molecule has 0 amide bonds. The van der Waals surface area contributed by atoms with Crippen molar-refractivity contribution in [2.75, 3.05) is 26.3 Å². The third kappa shape index (κ3) is 3.06. The minimum absolute atomic E-state index is 0.109. The summed E-state index contributed by atoms with van der Waals surface area (Å²) in [5, 5.41) is 0.109. The van der Waals surface area contributed by atoms with Gasteiger partial charge in [-0.25, -0.2) is 4.31 Å². The highest BCUT2D eigenvalue weighted by molar-refractivity contribution is 8.12. The van der Waals surface area contributed by atoms with Gasteiger partial charge in [0.2, 0.25) is 5.12 Å². The van der Waals surface area contributed by atoms with E-state index in [1.807, 2.05) is 30.3 Å². The highest BCUT2D eigenvalue weighted by Gasteiger charge is 2.15. The molecule has 0 N–H and O–H groups in total. The predicted octanol–water partition coefficient (Wildman–Crippen LogP) is 1.81. The first-order valence-corrected chi connectivity index (χ1v) is 5.73. The molecule has 1 saturated heterocycles. The summed E-state index contributed by atoms with van der Waals surface area (Å²) in [4.78, 5) is 11.8. The van der Waals surface area contributed by atoms with Crippen molar-refractivity contribution in [2.24, 2.45) is 0 Å². The van der Waals surface area contributed by atoms with Crippen LogP contribution in [-0.2, 0) is 4.74 Å². The fraction of sp³-hybridized carbons (Fsp3) is 0.364. The molecule has 1 aromatic rings. The van der Waals surface area contributed by atoms with Crippen molar-refractivity contribution >= 4 is 17.1 Å². The van der Waals surface area contributed by atoms with E-state index in [1.54, 1.807) is 0 Å². The van der Waals surface area contributed by atoms with Gasteiger partial charge in [-0.15, -0.1) is 0 Å². The highest BCUT2D eigenvalue weighted by Crippen LogP contribution is 2.18. The Hall–Kier alpha value is -0.840. The Morgan fingerprint density at radius 2 is 1.87 bits per heavy atom. The summed E-state index contributed by atoms with van der Waals surface area (Å²) in [6.45, 7) is 3.08. The molecule has 1 heterocycles. The lowest BCUT2D eigenvalue weighted by Crippen LogP contribution is -2.32. The average Bonchev–Trinajstić information content (AvgIpc) is 2.31. The molecule has 15 heavy (non-hydrogen) atoms. The third-order valence-corrected chi connectivity index (χ3v) is 3.22. The van der Waals surface area contributed by atoms with E-state index < -0.39 is 0 Å². The second-order valence-corrected chi connectivity index (χ2v) is 4.36. The first-order chi connectivity index (χ1) is 7.36. The number of rotatable bonds is 2. The molecule has 1 aromatic carbocycles. The van der Waals surface area contributed by atoms with E-state index in [0.29, 0.717) is 0 Å². The molecule has 0 spiro atoms. The van der Waals surface area contributed by atoms with Gasteiger partial charge in [-0.2, -0.15) is 0 Å². The summed E-state index contributed by atoms with van der Waals surface area (Å²) in [6, 6.07) is 9.36. The molecular formula is C11H13NO2S. The molecule has 4 heteroatoms. The first kappa shape index (κ1) is 10.7. The summed E-state index contributed by atoms with van der Waals surface area (Å²) < 4.78 is 7.28. The minimum Gasteiger partial charge on any atom is -0.379 e. The van der Waals surface area contributed by atoms with Crippen molar-refractivity contribution in [1.29, 1.82) is 0 Å². The van der Waals surface area contributed by atoms with Crippen LogP contribution in [0.1, 0.15) is 10.4 Å². The van der Waals surface area contributed by atoms with Gasteiger partial charge in [0.1, 0.15) is 0 Å². The van der Waals surface area contributed by atoms with E-state index in [4.69, 9.17) is 4.74 Å². The lowest BCUT2D eigenvalue weighted by Gasteiger charge is -2.24. The van der Waals surface area contributed by atoms with Crippen LogP contribution in [-0.4, -0.2) is 35.7 Å². The Morgan fingerprint density at radius 1 is 1.20 bits per heavy atom. The largest absolute Gasteiger partial charge is 0.379 e. The summed E-state index contributed by atoms with van der Waals surface area (Å²) in [5.74, 6) is 0. The predicted molar refractivity (Wildman–Crippen MR) is 60.8 cm³/mol. The number of ether oxygens (including phenoxy) is 1. The summed E-state index contributed by atoms with van der Waals surface area (Å²) in [7, 11) is 0. The number of benzene rings is 1. The normalized spacial score (nSPS) is 17.6. The van der Waals surface area contributed by atoms with Gasteiger partial charge in [0.25, 0.3) is 0 Å². The number of carbonyl (C=O) groups is 1. The van der Waals surface area contributed by atoms with Crippen molar-refractivity contribution in [3.8, 4) is 0 Å². The number of hydrogen-bond acceptors (Lipinski definition) is 4. The lowest BCUT2D eigenvalue weighted by molar-refractivity contribution is 0.0766. The van der Waals surface area contributed by atoms with Gasteiger partial charge in [0, 0.05) is 30.6 Å². The Balaban J connectivity index is 1.91. The van der Waals surface area contributed by atoms with Gasteiger partial charge >= 0.3 is 0 Å². The van der Waals surface area contributed by atoms with E-state index in [-0.39, 0.29) is 5.12 Å². The smallest absolute Gasteiger partial charge is 0.234 e. The van der Waals surface area contributed by atoms with Gasteiger partial charge < -0.3 is 4.74 Å². The molecule has 0 aliphatic carbocycles. The quantitative estimate of drug-likeness (QED) is 0.715. The van der Waals surface area contributed by atoms with Crippen molar-refractivity contribution in [3.05, 3.63) is 35.9 Å². The fourth-order valence-electron chi connectivity index (χ4n) is 1.38. The minimum atomic E-state index is 0.109. The molecule has 0 unspecified atom stereocenters. The molecule has 80 valence electrons. The molecule has 1 aliphatic heterocycles. The number of carbonyl (C=O) groups excluding carboxylic acids is 1. The molecule has 0 saturated carbocycles. The van der Waals surface area contributed by atoms with Gasteiger partial charge in [0.15, 0.2) is 0 Å². The molecule has 2 rings (SSSR count). The van der Waals surface area contributed by atoms with E-state index >= 15 is 0 Å². The monoisotopic (exact) mass is 223 g/mol. The van der Waals surface area contributed by atoms with E-state index in [2.05, 4.69) is 4.31 Å². The van der Waals surface area contributed by atoms with Crippen LogP contribution in [0, 0.1) is 0 Å². The zero-order valence-electron chi connectivity index (χ0n) is 8.39. The van der Waals surface area contributed by atoms with Crippen molar-refractivity contribution in [3.63, 3.8) is 0 Å². The van der Waals surface area contributed by atoms with E-state index in [1.165, 1.54) is 11.9 Å². The molecule has 1 fully saturated rings. The molecule has 0 atom stereocenters. The Kier molecular flexibility index (Phi) is 3.77. The molecule has 0 radical (unpaired) electrons. The number of hydrogen-bond donors (Lipinski definition) is 0. The standard InChI is InChI=1S/C11H13NO2S/c13-11(10-4-2-1-3-5-10)15-12-6-8-14-9-7-12/h1-5H,6-9H2. The maximum atomic E-state index is 11.8. The SMILES string of the molecule is O=C(SN1CCOCC1)c1ccccc1. The topological polar surface area (TPSA) is 29.5 Å². The summed E-state index contributed by atoms with van der Waals surface area (Å²) in [5.41, 5.74) is 0.758. The lowest BCUT2D eigenvalue weighted by atomic mass is 10.2. The van der Waals surface area contributed by atoms with Crippen LogP contribution < -0.4 is 0 Å². The van der Waals surface area contributed by atoms with E-state index in [9.17, 15) is 4.79 Å². The number of morpholine rings is 1. The number of nitrogens with zero attached hydrogens (tertiary/aromatic N) is 1. The average molecular weight is 223 g/mol. The van der Waals surface area contributed by atoms with Crippen molar-refractivity contribution in [2.45, 2.75) is 0 Å². The van der Waals surface area contributed by atoms with Crippen LogP contribution in [0.5, 0.6) is 0 Å². The van der Waals surface area contributed by atoms with Crippen LogP contribution in [0.25, 0.3) is 0 Å². The first-order valence-electron chi connectivity index (χ1n) is 4.96. The second kappa shape index (κ2) is 5.30. The Bertz CT molecular complexity index is 323. The van der Waals surface area contributed by atoms with Gasteiger partial charge in [-0.1, -0.05) is 30.3 Å². The second-order valence-electron chi connectivity index (χ2n) is 3.29. The summed E-state index contributed by atoms with van der Waals surface area (Å²) in [6.07, 6.45) is 0. The van der Waals surface area contributed by atoms with Crippen LogP contribution in [0.4, 0.5) is 0 Å². The highest BCUT2D eigenvalue weighted by atomic mass is 32.2. The van der Waals surface area contributed by atoms with Crippen LogP contribution >= 0.6 is 11.9 Å². The van der Waals surface area contributed by atoms with Crippen molar-refractivity contribution in [1.82, 2.24) is 4.31 Å². The van der Waals surface area contributed by atoms with Crippen LogP contribution in [0.3, 0.4) is 0 Å². The fourth-order valence-corrected chi connectivity index (χ4v) is 2.19.